The second-order valence-electron chi connectivity index (χ2n) is 5.61. The number of nitro groups is 2. The predicted octanol–water partition coefficient (Wildman–Crippen LogP) is 3.73. The maximum Gasteiger partial charge on any atom is 0.302 e. The zero-order valence-corrected chi connectivity index (χ0v) is 14.7. The maximum atomic E-state index is 14.0. The summed E-state index contributed by atoms with van der Waals surface area (Å²) in [5.74, 6) is -0.627. The molecule has 0 atom stereocenters. The fourth-order valence-electron chi connectivity index (χ4n) is 2.70. The molecule has 138 valence electrons. The summed E-state index contributed by atoms with van der Waals surface area (Å²) in [6.45, 7) is 0.586. The van der Waals surface area contributed by atoms with E-state index in [1.165, 1.54) is 37.1 Å². The number of aliphatic hydroxyl groups excluding tert-OH is 1. The van der Waals surface area contributed by atoms with Crippen molar-refractivity contribution in [2.45, 2.75) is 20.1 Å². The van der Waals surface area contributed by atoms with Crippen molar-refractivity contribution >= 4 is 28.7 Å². The Kier molecular flexibility index (Phi) is 5.73. The van der Waals surface area contributed by atoms with Gasteiger partial charge in [-0.25, -0.2) is 4.39 Å². The van der Waals surface area contributed by atoms with Gasteiger partial charge in [-0.1, -0.05) is 17.7 Å². The van der Waals surface area contributed by atoms with E-state index in [1.54, 1.807) is 0 Å². The molecule has 0 fully saturated rings. The third kappa shape index (κ3) is 3.58. The van der Waals surface area contributed by atoms with Crippen LogP contribution in [0.2, 0.25) is 5.02 Å². The average molecular weight is 384 g/mol. The van der Waals surface area contributed by atoms with Crippen LogP contribution in [0.1, 0.15) is 16.7 Å². The Balaban J connectivity index is 2.68. The van der Waals surface area contributed by atoms with Gasteiger partial charge in [-0.3, -0.25) is 20.2 Å². The van der Waals surface area contributed by atoms with E-state index in [9.17, 15) is 29.7 Å². The van der Waals surface area contributed by atoms with Gasteiger partial charge < -0.3 is 10.0 Å². The lowest BCUT2D eigenvalue weighted by Gasteiger charge is -2.21. The molecule has 0 radical (unpaired) electrons. The summed E-state index contributed by atoms with van der Waals surface area (Å²) < 4.78 is 14.0. The lowest BCUT2D eigenvalue weighted by atomic mass is 10.0. The van der Waals surface area contributed by atoms with E-state index in [0.29, 0.717) is 0 Å². The van der Waals surface area contributed by atoms with Gasteiger partial charge in [0.15, 0.2) is 5.69 Å². The smallest absolute Gasteiger partial charge is 0.302 e. The van der Waals surface area contributed by atoms with Crippen molar-refractivity contribution in [2.24, 2.45) is 0 Å². The third-order valence-electron chi connectivity index (χ3n) is 4.00. The molecule has 0 aliphatic carbocycles. The Morgan fingerprint density at radius 3 is 2.42 bits per heavy atom. The van der Waals surface area contributed by atoms with Gasteiger partial charge >= 0.3 is 5.69 Å². The summed E-state index contributed by atoms with van der Waals surface area (Å²) in [7, 11) is 1.37. The van der Waals surface area contributed by atoms with Crippen LogP contribution >= 0.6 is 11.6 Å². The first kappa shape index (κ1) is 19.5. The van der Waals surface area contributed by atoms with E-state index < -0.39 is 33.6 Å². The average Bonchev–Trinajstić information content (AvgIpc) is 2.56. The van der Waals surface area contributed by atoms with Crippen LogP contribution in [0.4, 0.5) is 21.5 Å². The highest BCUT2D eigenvalue weighted by molar-refractivity contribution is 6.31. The van der Waals surface area contributed by atoms with Gasteiger partial charge in [0.2, 0.25) is 0 Å². The van der Waals surface area contributed by atoms with Crippen molar-refractivity contribution in [3.8, 4) is 0 Å². The van der Waals surface area contributed by atoms with Gasteiger partial charge in [0.1, 0.15) is 5.82 Å². The van der Waals surface area contributed by atoms with Crippen molar-refractivity contribution in [1.29, 1.82) is 0 Å². The number of anilines is 1. The lowest BCUT2D eigenvalue weighted by Crippen LogP contribution is -2.21. The standard InChI is InChI=1S/C16H15ClFN3O5/c1-9-10(8-22)6-14(20(23)24)16(15(9)21(25)26)19(2)7-11-12(17)4-3-5-13(11)18/h3-6,22H,7-8H2,1-2H3. The molecule has 1 N–H and O–H groups in total. The summed E-state index contributed by atoms with van der Waals surface area (Å²) in [6.07, 6.45) is 0. The first-order valence-corrected chi connectivity index (χ1v) is 7.77. The van der Waals surface area contributed by atoms with Gasteiger partial charge in [-0.05, 0) is 24.6 Å². The zero-order valence-electron chi connectivity index (χ0n) is 13.9. The molecule has 0 aromatic heterocycles. The normalized spacial score (nSPS) is 10.7. The fraction of sp³-hybridized carbons (Fsp3) is 0.250. The minimum absolute atomic E-state index is 0.0594. The topological polar surface area (TPSA) is 110 Å². The first-order chi connectivity index (χ1) is 12.2. The van der Waals surface area contributed by atoms with Crippen LogP contribution in [-0.2, 0) is 13.2 Å². The van der Waals surface area contributed by atoms with Crippen LogP contribution < -0.4 is 4.90 Å². The Hall–Kier alpha value is -2.78. The highest BCUT2D eigenvalue weighted by Gasteiger charge is 2.33. The number of hydrogen-bond donors (Lipinski definition) is 1. The molecule has 2 aromatic rings. The Morgan fingerprint density at radius 2 is 1.92 bits per heavy atom. The molecule has 0 bridgehead atoms. The maximum absolute atomic E-state index is 14.0. The second kappa shape index (κ2) is 7.63. The molecule has 0 aliphatic heterocycles. The molecule has 0 saturated carbocycles. The molecule has 0 amide bonds. The van der Waals surface area contributed by atoms with E-state index in [2.05, 4.69) is 0 Å². The van der Waals surface area contributed by atoms with Gasteiger partial charge in [0.25, 0.3) is 5.69 Å². The van der Waals surface area contributed by atoms with Crippen LogP contribution in [0.3, 0.4) is 0 Å². The Morgan fingerprint density at radius 1 is 1.27 bits per heavy atom. The summed E-state index contributed by atoms with van der Waals surface area (Å²) in [5, 5.41) is 32.4. The van der Waals surface area contributed by atoms with E-state index in [-0.39, 0.29) is 33.9 Å². The summed E-state index contributed by atoms with van der Waals surface area (Å²) in [4.78, 5) is 22.7. The van der Waals surface area contributed by atoms with Crippen LogP contribution in [0.25, 0.3) is 0 Å². The Labute approximate surface area is 152 Å². The summed E-state index contributed by atoms with van der Waals surface area (Å²) in [5.41, 5.74) is -1.12. The van der Waals surface area contributed by atoms with Crippen molar-refractivity contribution in [1.82, 2.24) is 0 Å². The molecule has 26 heavy (non-hydrogen) atoms. The predicted molar refractivity (Wildman–Crippen MR) is 93.9 cm³/mol. The molecular formula is C16H15ClFN3O5. The van der Waals surface area contributed by atoms with Gasteiger partial charge in [-0.2, -0.15) is 0 Å². The fourth-order valence-corrected chi connectivity index (χ4v) is 2.92. The number of rotatable bonds is 6. The van der Waals surface area contributed by atoms with Crippen LogP contribution in [0.15, 0.2) is 24.3 Å². The first-order valence-electron chi connectivity index (χ1n) is 7.39. The molecule has 0 saturated heterocycles. The van der Waals surface area contributed by atoms with E-state index in [0.717, 1.165) is 6.07 Å². The third-order valence-corrected chi connectivity index (χ3v) is 4.36. The monoisotopic (exact) mass is 383 g/mol. The zero-order chi connectivity index (χ0) is 19.6. The molecule has 2 rings (SSSR count). The molecule has 0 heterocycles. The SMILES string of the molecule is Cc1c(CO)cc([N+](=O)[O-])c(N(C)Cc2c(F)cccc2Cl)c1[N+](=O)[O-]. The summed E-state index contributed by atoms with van der Waals surface area (Å²) in [6, 6.07) is 5.12. The molecule has 10 heteroatoms. The lowest BCUT2D eigenvalue weighted by molar-refractivity contribution is -0.393. The highest BCUT2D eigenvalue weighted by Crippen LogP contribution is 2.42. The van der Waals surface area contributed by atoms with Crippen molar-refractivity contribution < 1.29 is 19.3 Å². The molecule has 0 unspecified atom stereocenters. The van der Waals surface area contributed by atoms with Gasteiger partial charge in [0, 0.05) is 35.8 Å². The second-order valence-corrected chi connectivity index (χ2v) is 6.01. The van der Waals surface area contributed by atoms with E-state index in [1.807, 2.05) is 0 Å². The minimum atomic E-state index is -0.777. The summed E-state index contributed by atoms with van der Waals surface area (Å²) >= 11 is 5.98. The highest BCUT2D eigenvalue weighted by atomic mass is 35.5. The number of nitrogens with zero attached hydrogens (tertiary/aromatic N) is 3. The molecular weight excluding hydrogens is 369 g/mol. The number of nitro benzene ring substituents is 2. The number of hydrogen-bond acceptors (Lipinski definition) is 6. The van der Waals surface area contributed by atoms with E-state index in [4.69, 9.17) is 11.6 Å². The van der Waals surface area contributed by atoms with Crippen molar-refractivity contribution in [2.75, 3.05) is 11.9 Å². The van der Waals surface area contributed by atoms with Crippen molar-refractivity contribution in [3.63, 3.8) is 0 Å². The molecule has 0 aliphatic rings. The molecule has 2 aromatic carbocycles. The number of benzene rings is 2. The van der Waals surface area contributed by atoms with Crippen molar-refractivity contribution in [3.05, 3.63) is 72.0 Å². The van der Waals surface area contributed by atoms with Crippen LogP contribution in [-0.4, -0.2) is 22.0 Å². The van der Waals surface area contributed by atoms with Gasteiger partial charge in [-0.15, -0.1) is 0 Å². The molecule has 0 spiro atoms. The van der Waals surface area contributed by atoms with Crippen LogP contribution in [0.5, 0.6) is 0 Å². The minimum Gasteiger partial charge on any atom is -0.392 e. The number of aliphatic hydroxyl groups is 1. The quantitative estimate of drug-likeness (QED) is 0.601. The van der Waals surface area contributed by atoms with E-state index >= 15 is 0 Å². The van der Waals surface area contributed by atoms with Gasteiger partial charge in [0.05, 0.1) is 16.5 Å². The molecule has 8 nitrogen and oxygen atoms in total. The number of halogens is 2. The largest absolute Gasteiger partial charge is 0.392 e. The van der Waals surface area contributed by atoms with Crippen LogP contribution in [0, 0.1) is 33.0 Å². The Bertz CT molecular complexity index is 870.